The Labute approximate surface area is 185 Å². The SMILES string of the molecule is CCC.CSc1cccc([C@H]2OCC(NN)=Nc3ccc(Br)cc32)c1C.O=CO. The molecule has 1 aliphatic heterocycles. The van der Waals surface area contributed by atoms with Gasteiger partial charge in [0.1, 0.15) is 18.5 Å². The van der Waals surface area contributed by atoms with Crippen LogP contribution in [0.15, 0.2) is 50.8 Å². The summed E-state index contributed by atoms with van der Waals surface area (Å²) in [6, 6.07) is 12.3. The predicted molar refractivity (Wildman–Crippen MR) is 124 cm³/mol. The minimum absolute atomic E-state index is 0.177. The lowest BCUT2D eigenvalue weighted by atomic mass is 9.96. The van der Waals surface area contributed by atoms with Gasteiger partial charge >= 0.3 is 0 Å². The second-order valence-corrected chi connectivity index (χ2v) is 7.85. The van der Waals surface area contributed by atoms with E-state index >= 15 is 0 Å². The number of hydrogen-bond acceptors (Lipinski definition) is 6. The second-order valence-electron chi connectivity index (χ2n) is 6.08. The molecule has 1 atom stereocenters. The number of hydrazine groups is 1. The molecule has 0 amide bonds. The number of fused-ring (bicyclic) bond motifs is 1. The number of benzene rings is 2. The molecule has 3 rings (SSSR count). The summed E-state index contributed by atoms with van der Waals surface area (Å²) in [5.41, 5.74) is 6.92. The van der Waals surface area contributed by atoms with Crippen LogP contribution in [0.3, 0.4) is 0 Å². The van der Waals surface area contributed by atoms with Gasteiger partial charge in [-0.15, -0.1) is 11.8 Å². The first-order valence-electron chi connectivity index (χ1n) is 9.13. The van der Waals surface area contributed by atoms with Gasteiger partial charge in [-0.05, 0) is 48.6 Å². The number of aliphatic imine (C=N–C) groups is 1. The lowest BCUT2D eigenvalue weighted by Crippen LogP contribution is -2.33. The molecule has 4 N–H and O–H groups in total. The molecule has 0 radical (unpaired) electrons. The average Bonchev–Trinajstić information content (AvgIpc) is 2.88. The lowest BCUT2D eigenvalue weighted by molar-refractivity contribution is -0.122. The topological polar surface area (TPSA) is 96.9 Å². The summed E-state index contributed by atoms with van der Waals surface area (Å²) in [5, 5.41) is 6.89. The molecule has 6 nitrogen and oxygen atoms in total. The molecule has 0 aliphatic carbocycles. The van der Waals surface area contributed by atoms with E-state index in [0.717, 1.165) is 21.3 Å². The maximum absolute atomic E-state index is 8.36. The first-order chi connectivity index (χ1) is 14.0. The molecular formula is C21H28BrN3O3S. The first kappa shape index (κ1) is 25.2. The third-order valence-corrected chi connectivity index (χ3v) is 5.28. The highest BCUT2D eigenvalue weighted by Gasteiger charge is 2.24. The molecule has 29 heavy (non-hydrogen) atoms. The van der Waals surface area contributed by atoms with E-state index in [1.165, 1.54) is 16.9 Å². The van der Waals surface area contributed by atoms with Crippen LogP contribution in [0.2, 0.25) is 0 Å². The van der Waals surface area contributed by atoms with Crippen LogP contribution >= 0.6 is 27.7 Å². The summed E-state index contributed by atoms with van der Waals surface area (Å²) < 4.78 is 7.15. The molecule has 0 fully saturated rings. The summed E-state index contributed by atoms with van der Waals surface area (Å²) in [4.78, 5) is 14.2. The Morgan fingerprint density at radius 1 is 1.34 bits per heavy atom. The molecule has 0 saturated carbocycles. The number of amidine groups is 1. The van der Waals surface area contributed by atoms with Gasteiger partial charge in [0.2, 0.25) is 0 Å². The number of nitrogens with zero attached hydrogens (tertiary/aromatic N) is 1. The third kappa shape index (κ3) is 7.15. The number of hydrogen-bond donors (Lipinski definition) is 3. The van der Waals surface area contributed by atoms with Crippen molar-refractivity contribution in [2.24, 2.45) is 10.8 Å². The Hall–Kier alpha value is -1.87. The van der Waals surface area contributed by atoms with Crippen LogP contribution in [0.5, 0.6) is 0 Å². The zero-order valence-corrected chi connectivity index (χ0v) is 19.5. The van der Waals surface area contributed by atoms with Gasteiger partial charge in [-0.1, -0.05) is 48.3 Å². The third-order valence-electron chi connectivity index (χ3n) is 3.91. The van der Waals surface area contributed by atoms with Crippen LogP contribution in [-0.2, 0) is 9.53 Å². The van der Waals surface area contributed by atoms with Gasteiger partial charge < -0.3 is 15.3 Å². The van der Waals surface area contributed by atoms with E-state index in [1.807, 2.05) is 12.1 Å². The molecule has 1 aliphatic rings. The number of nitrogens with two attached hydrogens (primary N) is 1. The summed E-state index contributed by atoms with van der Waals surface area (Å²) in [5.74, 6) is 6.17. The van der Waals surface area contributed by atoms with Crippen molar-refractivity contribution in [3.05, 3.63) is 57.6 Å². The van der Waals surface area contributed by atoms with E-state index < -0.39 is 0 Å². The van der Waals surface area contributed by atoms with Gasteiger partial charge in [0.15, 0.2) is 0 Å². The van der Waals surface area contributed by atoms with E-state index in [2.05, 4.69) is 77.6 Å². The fourth-order valence-electron chi connectivity index (χ4n) is 2.73. The van der Waals surface area contributed by atoms with Gasteiger partial charge in [0, 0.05) is 14.9 Å². The van der Waals surface area contributed by atoms with Crippen LogP contribution in [0.4, 0.5) is 5.69 Å². The molecule has 0 bridgehead atoms. The number of rotatable bonds is 2. The molecule has 0 spiro atoms. The number of carbonyl (C=O) groups is 1. The molecule has 2 aromatic carbocycles. The van der Waals surface area contributed by atoms with E-state index in [4.69, 9.17) is 20.5 Å². The van der Waals surface area contributed by atoms with Crippen molar-refractivity contribution in [3.8, 4) is 0 Å². The normalized spacial score (nSPS) is 14.7. The molecule has 8 heteroatoms. The average molecular weight is 482 g/mol. The smallest absolute Gasteiger partial charge is 0.290 e. The fourth-order valence-corrected chi connectivity index (χ4v) is 3.75. The number of carboxylic acid groups (broad SMARTS) is 1. The van der Waals surface area contributed by atoms with Gasteiger partial charge in [-0.2, -0.15) is 0 Å². The summed E-state index contributed by atoms with van der Waals surface area (Å²) in [6.07, 6.45) is 3.16. The van der Waals surface area contributed by atoms with Crippen molar-refractivity contribution >= 4 is 45.7 Å². The molecule has 1 heterocycles. The van der Waals surface area contributed by atoms with Crippen molar-refractivity contribution in [1.82, 2.24) is 5.43 Å². The number of ether oxygens (including phenoxy) is 1. The predicted octanol–water partition coefficient (Wildman–Crippen LogP) is 5.21. The summed E-state index contributed by atoms with van der Waals surface area (Å²) >= 11 is 5.29. The van der Waals surface area contributed by atoms with Crippen LogP contribution in [-0.4, -0.2) is 30.3 Å². The Bertz CT molecular complexity index is 831. The summed E-state index contributed by atoms with van der Waals surface area (Å²) in [6.45, 7) is 6.48. The quantitative estimate of drug-likeness (QED) is 0.235. The molecule has 158 valence electrons. The number of halogens is 1. The minimum atomic E-state index is -0.250. The number of thioether (sulfide) groups is 1. The highest BCUT2D eigenvalue weighted by molar-refractivity contribution is 9.10. The zero-order valence-electron chi connectivity index (χ0n) is 17.1. The Morgan fingerprint density at radius 3 is 2.59 bits per heavy atom. The van der Waals surface area contributed by atoms with Crippen LogP contribution in [0.1, 0.15) is 43.1 Å². The van der Waals surface area contributed by atoms with Crippen molar-refractivity contribution in [3.63, 3.8) is 0 Å². The number of nitrogens with one attached hydrogen (secondary N) is 1. The van der Waals surface area contributed by atoms with Gasteiger partial charge in [0.05, 0.1) is 5.69 Å². The molecule has 0 aromatic heterocycles. The largest absolute Gasteiger partial charge is 0.483 e. The van der Waals surface area contributed by atoms with Gasteiger partial charge in [0.25, 0.3) is 6.47 Å². The molecule has 0 saturated heterocycles. The van der Waals surface area contributed by atoms with Crippen molar-refractivity contribution in [2.45, 2.75) is 38.2 Å². The highest BCUT2D eigenvalue weighted by Crippen LogP contribution is 2.39. The minimum Gasteiger partial charge on any atom is -0.483 e. The van der Waals surface area contributed by atoms with Crippen LogP contribution in [0, 0.1) is 6.92 Å². The Balaban J connectivity index is 0.000000626. The first-order valence-corrected chi connectivity index (χ1v) is 11.2. The van der Waals surface area contributed by atoms with Crippen LogP contribution in [0.25, 0.3) is 0 Å². The van der Waals surface area contributed by atoms with E-state index in [-0.39, 0.29) is 12.6 Å². The Morgan fingerprint density at radius 2 is 2.00 bits per heavy atom. The Kier molecular flexibility index (Phi) is 11.6. The lowest BCUT2D eigenvalue weighted by Gasteiger charge is -2.21. The standard InChI is InChI=1S/C17H18BrN3OS.C3H8.CH2O2/c1-10-12(4-3-5-15(10)23-2)17-13-8-11(18)6-7-14(13)20-16(21-19)9-22-17;1-3-2;2-1-3/h3-8,17H,9,19H2,1-2H3,(H,20,21);3H2,1-2H3;1H,(H,2,3)/t17-;;/m1../s1. The highest BCUT2D eigenvalue weighted by atomic mass is 79.9. The van der Waals surface area contributed by atoms with Crippen molar-refractivity contribution in [2.75, 3.05) is 12.9 Å². The maximum Gasteiger partial charge on any atom is 0.290 e. The van der Waals surface area contributed by atoms with Crippen LogP contribution < -0.4 is 11.3 Å². The van der Waals surface area contributed by atoms with Crippen molar-refractivity contribution < 1.29 is 14.6 Å². The monoisotopic (exact) mass is 481 g/mol. The molecular weight excluding hydrogens is 454 g/mol. The molecule has 0 unspecified atom stereocenters. The zero-order chi connectivity index (χ0) is 21.8. The summed E-state index contributed by atoms with van der Waals surface area (Å²) in [7, 11) is 0. The fraction of sp³-hybridized carbons (Fsp3) is 0.333. The van der Waals surface area contributed by atoms with Crippen molar-refractivity contribution in [1.29, 1.82) is 0 Å². The van der Waals surface area contributed by atoms with Gasteiger partial charge in [-0.3, -0.25) is 4.79 Å². The van der Waals surface area contributed by atoms with E-state index in [9.17, 15) is 0 Å². The maximum atomic E-state index is 8.36. The second kappa shape index (κ2) is 13.4. The van der Waals surface area contributed by atoms with E-state index in [1.54, 1.807) is 11.8 Å². The van der Waals surface area contributed by atoms with Gasteiger partial charge in [-0.25, -0.2) is 10.8 Å². The molecule has 2 aromatic rings. The van der Waals surface area contributed by atoms with E-state index in [0.29, 0.717) is 12.4 Å².